The maximum absolute atomic E-state index is 14.1. The number of rotatable bonds is 10. The number of nitrogens with zero attached hydrogens (tertiary/aromatic N) is 4. The van der Waals surface area contributed by atoms with E-state index < -0.39 is 29.8 Å². The summed E-state index contributed by atoms with van der Waals surface area (Å²) < 4.78 is 0. The Morgan fingerprint density at radius 1 is 1.03 bits per heavy atom. The number of nitrogens with one attached hydrogen (secondary N) is 1. The summed E-state index contributed by atoms with van der Waals surface area (Å²) in [6.07, 6.45) is 6.10. The predicted molar refractivity (Wildman–Crippen MR) is 148 cm³/mol. The van der Waals surface area contributed by atoms with Crippen LogP contribution in [-0.4, -0.2) is 64.1 Å². The van der Waals surface area contributed by atoms with Crippen molar-refractivity contribution in [3.8, 4) is 0 Å². The first kappa shape index (κ1) is 29.3. The molecule has 1 aliphatic rings. The van der Waals surface area contributed by atoms with E-state index in [0.717, 1.165) is 37.7 Å². The fourth-order valence-electron chi connectivity index (χ4n) is 4.76. The van der Waals surface area contributed by atoms with Gasteiger partial charge in [-0.15, -0.1) is 0 Å². The van der Waals surface area contributed by atoms with Gasteiger partial charge in [0, 0.05) is 25.6 Å². The van der Waals surface area contributed by atoms with E-state index in [1.807, 2.05) is 30.3 Å². The Balaban J connectivity index is 1.98. The van der Waals surface area contributed by atoms with Gasteiger partial charge in [0.15, 0.2) is 5.96 Å². The zero-order chi connectivity index (χ0) is 28.4. The fraction of sp³-hybridized carbons (Fsp3) is 0.429. The lowest BCUT2D eigenvalue weighted by Gasteiger charge is -2.37. The Hall–Kier alpha value is -4.28. The molecule has 1 aromatic heterocycles. The lowest BCUT2D eigenvalue weighted by molar-refractivity contribution is -0.139. The third-order valence-electron chi connectivity index (χ3n) is 6.72. The standard InChI is InChI=1S/C28H37N7O4/c1-19(26(29)38)35(24-15-9-10-16-31-24)25(37)18-34(22-13-7-4-8-14-22)27(39)23(33-28(30)32-20(2)36)17-21-11-5-3-6-12-21/h3,5-6,9-12,15-16,19,22-23H,4,7-8,13-14,17-18H2,1-2H3,(H2,29,38)(H3,30,32,33,36)/t19-,23-/m0/s1. The average Bonchev–Trinajstić information content (AvgIpc) is 2.92. The quantitative estimate of drug-likeness (QED) is 0.308. The van der Waals surface area contributed by atoms with Gasteiger partial charge in [0.25, 0.3) is 0 Å². The van der Waals surface area contributed by atoms with Crippen LogP contribution < -0.4 is 21.7 Å². The number of pyridine rings is 1. The Morgan fingerprint density at radius 2 is 1.69 bits per heavy atom. The van der Waals surface area contributed by atoms with E-state index >= 15 is 0 Å². The number of guanidine groups is 1. The Kier molecular flexibility index (Phi) is 10.5. The number of benzene rings is 1. The summed E-state index contributed by atoms with van der Waals surface area (Å²) in [6, 6.07) is 12.2. The third kappa shape index (κ3) is 8.36. The van der Waals surface area contributed by atoms with Gasteiger partial charge in [-0.25, -0.2) is 9.98 Å². The maximum Gasteiger partial charge on any atom is 0.248 e. The number of aromatic nitrogens is 1. The Bertz CT molecular complexity index is 1170. The van der Waals surface area contributed by atoms with Gasteiger partial charge in [0.05, 0.1) is 0 Å². The zero-order valence-corrected chi connectivity index (χ0v) is 22.5. The molecule has 1 heterocycles. The molecule has 0 saturated heterocycles. The van der Waals surface area contributed by atoms with E-state index in [-0.39, 0.29) is 36.7 Å². The van der Waals surface area contributed by atoms with Gasteiger partial charge in [0.1, 0.15) is 24.4 Å². The minimum atomic E-state index is -0.982. The molecule has 11 nitrogen and oxygen atoms in total. The fourth-order valence-corrected chi connectivity index (χ4v) is 4.76. The first-order chi connectivity index (χ1) is 18.7. The molecule has 39 heavy (non-hydrogen) atoms. The average molecular weight is 536 g/mol. The number of aliphatic imine (C=N–C) groups is 1. The van der Waals surface area contributed by atoms with Crippen molar-refractivity contribution in [3.63, 3.8) is 0 Å². The summed E-state index contributed by atoms with van der Waals surface area (Å²) in [5.74, 6) is -1.90. The minimum absolute atomic E-state index is 0.177. The van der Waals surface area contributed by atoms with Crippen molar-refractivity contribution < 1.29 is 19.2 Å². The Morgan fingerprint density at radius 3 is 2.28 bits per heavy atom. The van der Waals surface area contributed by atoms with E-state index in [0.29, 0.717) is 0 Å². The molecule has 1 saturated carbocycles. The van der Waals surface area contributed by atoms with E-state index in [9.17, 15) is 19.2 Å². The second kappa shape index (κ2) is 14.0. The number of carbonyl (C=O) groups excluding carboxylic acids is 4. The highest BCUT2D eigenvalue weighted by molar-refractivity contribution is 6.02. The highest BCUT2D eigenvalue weighted by Crippen LogP contribution is 2.25. The number of carbonyl (C=O) groups is 4. The van der Waals surface area contributed by atoms with Gasteiger partial charge < -0.3 is 16.4 Å². The molecule has 2 atom stereocenters. The second-order valence-corrected chi connectivity index (χ2v) is 9.69. The summed E-state index contributed by atoms with van der Waals surface area (Å²) in [7, 11) is 0. The van der Waals surface area contributed by atoms with E-state index in [1.165, 1.54) is 24.9 Å². The number of hydrogen-bond acceptors (Lipinski definition) is 6. The van der Waals surface area contributed by atoms with E-state index in [2.05, 4.69) is 15.3 Å². The predicted octanol–water partition coefficient (Wildman–Crippen LogP) is 1.51. The van der Waals surface area contributed by atoms with Crippen LogP contribution in [0.5, 0.6) is 0 Å². The monoisotopic (exact) mass is 535 g/mol. The van der Waals surface area contributed by atoms with Crippen LogP contribution in [0.25, 0.3) is 0 Å². The van der Waals surface area contributed by atoms with Gasteiger partial charge in [-0.3, -0.25) is 29.4 Å². The minimum Gasteiger partial charge on any atom is -0.370 e. The van der Waals surface area contributed by atoms with E-state index in [4.69, 9.17) is 11.5 Å². The maximum atomic E-state index is 14.1. The van der Waals surface area contributed by atoms with Gasteiger partial charge in [-0.05, 0) is 37.5 Å². The van der Waals surface area contributed by atoms with Crippen LogP contribution in [0, 0.1) is 0 Å². The van der Waals surface area contributed by atoms with Crippen molar-refractivity contribution in [1.82, 2.24) is 15.2 Å². The SMILES string of the molecule is CC(=O)NC(N)=N[C@@H](Cc1ccccc1)C(=O)N(CC(=O)N(c1ccccn1)[C@@H](C)C(N)=O)C1CCCCC1. The van der Waals surface area contributed by atoms with Crippen LogP contribution >= 0.6 is 0 Å². The molecule has 1 aliphatic carbocycles. The molecule has 0 spiro atoms. The van der Waals surface area contributed by atoms with Gasteiger partial charge in [-0.2, -0.15) is 0 Å². The first-order valence-electron chi connectivity index (χ1n) is 13.1. The number of amides is 4. The topological polar surface area (TPSA) is 164 Å². The van der Waals surface area contributed by atoms with Gasteiger partial charge in [-0.1, -0.05) is 55.7 Å². The largest absolute Gasteiger partial charge is 0.370 e. The summed E-state index contributed by atoms with van der Waals surface area (Å²) in [5.41, 5.74) is 12.4. The molecule has 0 bridgehead atoms. The molecule has 4 amide bonds. The number of nitrogens with two attached hydrogens (primary N) is 2. The molecule has 208 valence electrons. The molecule has 0 aliphatic heterocycles. The third-order valence-corrected chi connectivity index (χ3v) is 6.72. The van der Waals surface area contributed by atoms with Crippen LogP contribution in [0.4, 0.5) is 5.82 Å². The molecular weight excluding hydrogens is 498 g/mol. The zero-order valence-electron chi connectivity index (χ0n) is 22.5. The van der Waals surface area contributed by atoms with Crippen LogP contribution in [0.3, 0.4) is 0 Å². The smallest absolute Gasteiger partial charge is 0.248 e. The molecule has 3 rings (SSSR count). The highest BCUT2D eigenvalue weighted by Gasteiger charge is 2.35. The van der Waals surface area contributed by atoms with Crippen LogP contribution in [0.2, 0.25) is 0 Å². The van der Waals surface area contributed by atoms with Crippen molar-refractivity contribution in [2.75, 3.05) is 11.4 Å². The van der Waals surface area contributed by atoms with Crippen molar-refractivity contribution in [3.05, 3.63) is 60.3 Å². The van der Waals surface area contributed by atoms with Crippen molar-refractivity contribution in [1.29, 1.82) is 0 Å². The summed E-state index contributed by atoms with van der Waals surface area (Å²) in [5, 5.41) is 2.42. The molecule has 0 radical (unpaired) electrons. The number of primary amides is 1. The van der Waals surface area contributed by atoms with E-state index in [1.54, 1.807) is 23.1 Å². The molecule has 0 unspecified atom stereocenters. The summed E-state index contributed by atoms with van der Waals surface area (Å²) in [6.45, 7) is 2.53. The van der Waals surface area contributed by atoms with Crippen molar-refractivity contribution in [2.24, 2.45) is 16.5 Å². The van der Waals surface area contributed by atoms with Crippen molar-refractivity contribution >= 4 is 35.4 Å². The van der Waals surface area contributed by atoms with Gasteiger partial charge in [0.2, 0.25) is 23.6 Å². The van der Waals surface area contributed by atoms with Crippen LogP contribution in [0.1, 0.15) is 51.5 Å². The van der Waals surface area contributed by atoms with Gasteiger partial charge >= 0.3 is 0 Å². The lowest BCUT2D eigenvalue weighted by Crippen LogP contribution is -2.55. The second-order valence-electron chi connectivity index (χ2n) is 9.69. The molecule has 2 aromatic rings. The van der Waals surface area contributed by atoms with Crippen molar-refractivity contribution in [2.45, 2.75) is 70.5 Å². The molecule has 11 heteroatoms. The normalized spacial score (nSPS) is 15.6. The Labute approximate surface area is 228 Å². The molecule has 5 N–H and O–H groups in total. The molecule has 1 fully saturated rings. The molecule has 1 aromatic carbocycles. The summed E-state index contributed by atoms with van der Waals surface area (Å²) in [4.78, 5) is 63.0. The summed E-state index contributed by atoms with van der Waals surface area (Å²) >= 11 is 0. The number of hydrogen-bond donors (Lipinski definition) is 3. The molecular formula is C28H37N7O4. The van der Waals surface area contributed by atoms with Crippen LogP contribution in [0.15, 0.2) is 59.7 Å². The number of anilines is 1. The lowest BCUT2D eigenvalue weighted by atomic mass is 9.93. The van der Waals surface area contributed by atoms with Crippen LogP contribution in [-0.2, 0) is 25.6 Å². The first-order valence-corrected chi connectivity index (χ1v) is 13.1. The highest BCUT2D eigenvalue weighted by atomic mass is 16.2.